The van der Waals surface area contributed by atoms with E-state index in [9.17, 15) is 19.2 Å². The SMILES string of the molecule is CC(=O)OCC1NC(=O)N(c2ccc(C(N)=O)cc2)C1=O. The lowest BCUT2D eigenvalue weighted by atomic mass is 10.2. The van der Waals surface area contributed by atoms with Gasteiger partial charge in [-0.15, -0.1) is 0 Å². The number of primary amides is 1. The molecule has 1 unspecified atom stereocenters. The van der Waals surface area contributed by atoms with Gasteiger partial charge in [0.25, 0.3) is 5.91 Å². The Hall–Kier alpha value is -2.90. The summed E-state index contributed by atoms with van der Waals surface area (Å²) >= 11 is 0. The van der Waals surface area contributed by atoms with Gasteiger partial charge in [0.15, 0.2) is 0 Å². The molecule has 0 bridgehead atoms. The smallest absolute Gasteiger partial charge is 0.329 e. The third kappa shape index (κ3) is 2.99. The lowest BCUT2D eigenvalue weighted by Crippen LogP contribution is -2.35. The molecule has 0 aromatic heterocycles. The first-order valence-electron chi connectivity index (χ1n) is 6.08. The number of carbonyl (C=O) groups is 4. The molecule has 1 aromatic carbocycles. The fraction of sp³-hybridized carbons (Fsp3) is 0.231. The zero-order chi connectivity index (χ0) is 15.6. The quantitative estimate of drug-likeness (QED) is 0.587. The molecule has 1 atom stereocenters. The largest absolute Gasteiger partial charge is 0.463 e. The zero-order valence-electron chi connectivity index (χ0n) is 11.2. The topological polar surface area (TPSA) is 119 Å². The summed E-state index contributed by atoms with van der Waals surface area (Å²) in [7, 11) is 0. The number of amides is 4. The number of carbonyl (C=O) groups excluding carboxylic acids is 4. The molecule has 0 saturated carbocycles. The van der Waals surface area contributed by atoms with Gasteiger partial charge in [-0.1, -0.05) is 0 Å². The molecule has 1 aliphatic rings. The molecule has 4 amide bonds. The fourth-order valence-corrected chi connectivity index (χ4v) is 1.86. The zero-order valence-corrected chi connectivity index (χ0v) is 11.2. The first-order valence-corrected chi connectivity index (χ1v) is 6.08. The van der Waals surface area contributed by atoms with Gasteiger partial charge in [0.2, 0.25) is 5.91 Å². The van der Waals surface area contributed by atoms with Gasteiger partial charge in [-0.3, -0.25) is 14.4 Å². The summed E-state index contributed by atoms with van der Waals surface area (Å²) in [4.78, 5) is 46.6. The minimum absolute atomic E-state index is 0.226. The molecule has 8 nitrogen and oxygen atoms in total. The van der Waals surface area contributed by atoms with Crippen molar-refractivity contribution < 1.29 is 23.9 Å². The van der Waals surface area contributed by atoms with Gasteiger partial charge in [0.05, 0.1) is 5.69 Å². The third-order valence-electron chi connectivity index (χ3n) is 2.88. The number of rotatable bonds is 4. The standard InChI is InChI=1S/C13H13N3O5/c1-7(17)21-6-10-12(19)16(13(20)15-10)9-4-2-8(3-5-9)11(14)18/h2-5,10H,6H2,1H3,(H2,14,18)(H,15,20). The molecule has 2 rings (SSSR count). The summed E-state index contributed by atoms with van der Waals surface area (Å²) in [6.45, 7) is 0.983. The molecule has 1 fully saturated rings. The lowest BCUT2D eigenvalue weighted by Gasteiger charge is -2.13. The van der Waals surface area contributed by atoms with Crippen molar-refractivity contribution in [2.24, 2.45) is 5.73 Å². The number of esters is 1. The maximum atomic E-state index is 12.1. The molecule has 1 saturated heterocycles. The van der Waals surface area contributed by atoms with Gasteiger partial charge in [-0.2, -0.15) is 0 Å². The van der Waals surface area contributed by atoms with E-state index in [0.717, 1.165) is 4.90 Å². The molecule has 8 heteroatoms. The highest BCUT2D eigenvalue weighted by atomic mass is 16.5. The van der Waals surface area contributed by atoms with Crippen LogP contribution in [0.5, 0.6) is 0 Å². The minimum atomic E-state index is -0.919. The van der Waals surface area contributed by atoms with Crippen LogP contribution >= 0.6 is 0 Å². The fourth-order valence-electron chi connectivity index (χ4n) is 1.86. The van der Waals surface area contributed by atoms with E-state index in [4.69, 9.17) is 10.5 Å². The van der Waals surface area contributed by atoms with Gasteiger partial charge in [0.1, 0.15) is 12.6 Å². The van der Waals surface area contributed by atoms with E-state index < -0.39 is 29.9 Å². The number of anilines is 1. The van der Waals surface area contributed by atoms with Gasteiger partial charge >= 0.3 is 12.0 Å². The Morgan fingerprint density at radius 3 is 2.43 bits per heavy atom. The highest BCUT2D eigenvalue weighted by molar-refractivity contribution is 6.21. The van der Waals surface area contributed by atoms with Gasteiger partial charge in [-0.25, -0.2) is 9.69 Å². The summed E-state index contributed by atoms with van der Waals surface area (Å²) in [5.41, 5.74) is 5.68. The average Bonchev–Trinajstić information content (AvgIpc) is 2.71. The number of ether oxygens (including phenoxy) is 1. The Labute approximate surface area is 119 Å². The molecular formula is C13H13N3O5. The summed E-state index contributed by atoms with van der Waals surface area (Å²) in [6.07, 6.45) is 0. The average molecular weight is 291 g/mol. The predicted molar refractivity (Wildman–Crippen MR) is 71.4 cm³/mol. The van der Waals surface area contributed by atoms with Gasteiger partial charge < -0.3 is 15.8 Å². The summed E-state index contributed by atoms with van der Waals surface area (Å²) in [5.74, 6) is -1.68. The van der Waals surface area contributed by atoms with Crippen LogP contribution in [0.2, 0.25) is 0 Å². The first-order chi connectivity index (χ1) is 9.90. The summed E-state index contributed by atoms with van der Waals surface area (Å²) in [6, 6.07) is 4.16. The number of nitrogens with two attached hydrogens (primary N) is 1. The predicted octanol–water partition coefficient (Wildman–Crippen LogP) is -0.227. The van der Waals surface area contributed by atoms with Crippen molar-refractivity contribution in [3.63, 3.8) is 0 Å². The van der Waals surface area contributed by atoms with E-state index in [2.05, 4.69) is 5.32 Å². The molecule has 0 aliphatic carbocycles. The Bertz CT molecular complexity index is 611. The van der Waals surface area contributed by atoms with Crippen LogP contribution in [-0.4, -0.2) is 36.5 Å². The number of urea groups is 1. The molecule has 3 N–H and O–H groups in total. The van der Waals surface area contributed by atoms with Crippen molar-refractivity contribution in [1.82, 2.24) is 5.32 Å². The molecule has 110 valence electrons. The molecule has 0 radical (unpaired) electrons. The van der Waals surface area contributed by atoms with Crippen molar-refractivity contribution in [1.29, 1.82) is 0 Å². The van der Waals surface area contributed by atoms with Crippen molar-refractivity contribution in [2.75, 3.05) is 11.5 Å². The maximum Gasteiger partial charge on any atom is 0.329 e. The van der Waals surface area contributed by atoms with Crippen LogP contribution in [0, 0.1) is 0 Å². The summed E-state index contributed by atoms with van der Waals surface area (Å²) in [5, 5.41) is 2.41. The first kappa shape index (κ1) is 14.5. The van der Waals surface area contributed by atoms with Crippen molar-refractivity contribution in [3.05, 3.63) is 29.8 Å². The Morgan fingerprint density at radius 1 is 1.29 bits per heavy atom. The summed E-state index contributed by atoms with van der Waals surface area (Å²) < 4.78 is 4.72. The molecule has 1 aromatic rings. The highest BCUT2D eigenvalue weighted by Gasteiger charge is 2.39. The van der Waals surface area contributed by atoms with E-state index in [1.807, 2.05) is 0 Å². The van der Waals surface area contributed by atoms with Crippen LogP contribution in [0.25, 0.3) is 0 Å². The van der Waals surface area contributed by atoms with E-state index in [-0.39, 0.29) is 12.2 Å². The van der Waals surface area contributed by atoms with Gasteiger partial charge in [-0.05, 0) is 24.3 Å². The van der Waals surface area contributed by atoms with Crippen LogP contribution in [0.1, 0.15) is 17.3 Å². The molecule has 1 heterocycles. The normalized spacial score (nSPS) is 17.6. The van der Waals surface area contributed by atoms with Crippen LogP contribution in [0.3, 0.4) is 0 Å². The monoisotopic (exact) mass is 291 g/mol. The van der Waals surface area contributed by atoms with Crippen molar-refractivity contribution in [3.8, 4) is 0 Å². The Morgan fingerprint density at radius 2 is 1.90 bits per heavy atom. The molecule has 0 spiro atoms. The third-order valence-corrected chi connectivity index (χ3v) is 2.88. The molecule has 1 aliphatic heterocycles. The van der Waals surface area contributed by atoms with Crippen molar-refractivity contribution >= 4 is 29.5 Å². The van der Waals surface area contributed by atoms with E-state index in [1.54, 1.807) is 0 Å². The number of benzene rings is 1. The number of hydrogen-bond acceptors (Lipinski definition) is 5. The second-order valence-electron chi connectivity index (χ2n) is 4.39. The van der Waals surface area contributed by atoms with E-state index >= 15 is 0 Å². The lowest BCUT2D eigenvalue weighted by molar-refractivity contribution is -0.142. The number of nitrogens with zero attached hydrogens (tertiary/aromatic N) is 1. The second-order valence-corrected chi connectivity index (χ2v) is 4.39. The minimum Gasteiger partial charge on any atom is -0.463 e. The van der Waals surface area contributed by atoms with E-state index in [0.29, 0.717) is 5.69 Å². The Kier molecular flexibility index (Phi) is 3.88. The van der Waals surface area contributed by atoms with Crippen molar-refractivity contribution in [2.45, 2.75) is 13.0 Å². The Balaban J connectivity index is 2.16. The van der Waals surface area contributed by atoms with E-state index in [1.165, 1.54) is 31.2 Å². The number of imide groups is 1. The highest BCUT2D eigenvalue weighted by Crippen LogP contribution is 2.20. The maximum absolute atomic E-state index is 12.1. The number of nitrogens with one attached hydrogen (secondary N) is 1. The van der Waals surface area contributed by atoms with Crippen LogP contribution < -0.4 is 16.0 Å². The molecule has 21 heavy (non-hydrogen) atoms. The molecular weight excluding hydrogens is 278 g/mol. The van der Waals surface area contributed by atoms with Gasteiger partial charge in [0, 0.05) is 12.5 Å². The van der Waals surface area contributed by atoms with Crippen LogP contribution in [0.4, 0.5) is 10.5 Å². The van der Waals surface area contributed by atoms with Crippen LogP contribution in [0.15, 0.2) is 24.3 Å². The number of hydrogen-bond donors (Lipinski definition) is 2. The van der Waals surface area contributed by atoms with Crippen LogP contribution in [-0.2, 0) is 14.3 Å². The second kappa shape index (κ2) is 5.61.